The van der Waals surface area contributed by atoms with E-state index in [1.807, 2.05) is 12.1 Å². The van der Waals surface area contributed by atoms with Gasteiger partial charge in [-0.05, 0) is 42.0 Å². The maximum atomic E-state index is 11.6. The van der Waals surface area contributed by atoms with Crippen LogP contribution in [-0.4, -0.2) is 45.7 Å². The third-order valence-electron chi connectivity index (χ3n) is 4.97. The van der Waals surface area contributed by atoms with Gasteiger partial charge in [0.1, 0.15) is 0 Å². The molecule has 27 heavy (non-hydrogen) atoms. The van der Waals surface area contributed by atoms with Crippen LogP contribution in [0.3, 0.4) is 0 Å². The highest BCUT2D eigenvalue weighted by molar-refractivity contribution is 7.90. The van der Waals surface area contributed by atoms with Gasteiger partial charge in [-0.25, -0.2) is 8.42 Å². The molecule has 2 aromatic carbocycles. The van der Waals surface area contributed by atoms with E-state index in [4.69, 9.17) is 0 Å². The van der Waals surface area contributed by atoms with Crippen LogP contribution in [0.2, 0.25) is 0 Å². The van der Waals surface area contributed by atoms with Crippen LogP contribution in [0.25, 0.3) is 0 Å². The lowest BCUT2D eigenvalue weighted by atomic mass is 9.99. The van der Waals surface area contributed by atoms with Crippen LogP contribution in [0.4, 0.5) is 0 Å². The maximum Gasteiger partial charge on any atom is 0.193 e. The Morgan fingerprint density at radius 3 is 2.44 bits per heavy atom. The van der Waals surface area contributed by atoms with Gasteiger partial charge in [0.15, 0.2) is 15.8 Å². The molecule has 1 saturated heterocycles. The van der Waals surface area contributed by atoms with Crippen LogP contribution in [-0.2, 0) is 22.8 Å². The Hall–Kier alpha value is -2.34. The predicted octanol–water partition coefficient (Wildman–Crippen LogP) is 2.73. The van der Waals surface area contributed by atoms with Gasteiger partial charge in [0.05, 0.1) is 4.90 Å². The van der Waals surface area contributed by atoms with E-state index in [1.165, 1.54) is 18.2 Å². The van der Waals surface area contributed by atoms with Crippen molar-refractivity contribution in [1.82, 2.24) is 10.2 Å². The van der Waals surface area contributed by atoms with Crippen LogP contribution >= 0.6 is 0 Å². The summed E-state index contributed by atoms with van der Waals surface area (Å²) in [7, 11) is -1.35. The second-order valence-electron chi connectivity index (χ2n) is 7.11. The fraction of sp³-hybridized carbons (Fsp3) is 0.381. The molecule has 5 nitrogen and oxygen atoms in total. The lowest BCUT2D eigenvalue weighted by Crippen LogP contribution is -2.39. The summed E-state index contributed by atoms with van der Waals surface area (Å²) in [5, 5.41) is 3.40. The number of hydrogen-bond donors (Lipinski definition) is 1. The van der Waals surface area contributed by atoms with E-state index in [0.29, 0.717) is 17.4 Å². The van der Waals surface area contributed by atoms with Crippen molar-refractivity contribution in [1.29, 1.82) is 0 Å². The second-order valence-corrected chi connectivity index (χ2v) is 9.12. The Labute approximate surface area is 162 Å². The predicted molar refractivity (Wildman–Crippen MR) is 110 cm³/mol. The highest BCUT2D eigenvalue weighted by atomic mass is 32.2. The Morgan fingerprint density at radius 2 is 1.81 bits per heavy atom. The fourth-order valence-electron chi connectivity index (χ4n) is 3.51. The smallest absolute Gasteiger partial charge is 0.193 e. The summed E-state index contributed by atoms with van der Waals surface area (Å²) in [5.41, 5.74) is 2.42. The number of nitrogens with one attached hydrogen (secondary N) is 1. The number of aliphatic imine (C=N–C) groups is 1. The average molecular weight is 386 g/mol. The first kappa shape index (κ1) is 19.4. The van der Waals surface area contributed by atoms with Crippen molar-refractivity contribution in [2.75, 3.05) is 26.4 Å². The average Bonchev–Trinajstić information content (AvgIpc) is 3.11. The molecule has 0 aliphatic carbocycles. The van der Waals surface area contributed by atoms with Gasteiger partial charge in [-0.3, -0.25) is 4.99 Å². The highest BCUT2D eigenvalue weighted by Crippen LogP contribution is 2.21. The Kier molecular flexibility index (Phi) is 6.16. The fourth-order valence-corrected chi connectivity index (χ4v) is 4.14. The number of likely N-dealkylation sites (tertiary alicyclic amines) is 1. The molecule has 2 aromatic rings. The minimum Gasteiger partial charge on any atom is -0.352 e. The molecule has 1 aliphatic rings. The first-order chi connectivity index (χ1) is 13.0. The van der Waals surface area contributed by atoms with Crippen LogP contribution in [0, 0.1) is 5.92 Å². The quantitative estimate of drug-likeness (QED) is 0.635. The maximum absolute atomic E-state index is 11.6. The molecule has 0 saturated carbocycles. The Bertz CT molecular complexity index is 877. The van der Waals surface area contributed by atoms with Crippen molar-refractivity contribution in [3.63, 3.8) is 0 Å². The molecule has 1 unspecified atom stereocenters. The van der Waals surface area contributed by atoms with E-state index in [0.717, 1.165) is 31.0 Å². The van der Waals surface area contributed by atoms with Gasteiger partial charge in [0.2, 0.25) is 0 Å². The molecule has 1 atom stereocenters. The Morgan fingerprint density at radius 1 is 1.11 bits per heavy atom. The van der Waals surface area contributed by atoms with Crippen molar-refractivity contribution < 1.29 is 8.42 Å². The van der Waals surface area contributed by atoms with Crippen LogP contribution < -0.4 is 5.32 Å². The zero-order valence-electron chi connectivity index (χ0n) is 15.9. The first-order valence-corrected chi connectivity index (χ1v) is 11.1. The molecule has 0 aromatic heterocycles. The van der Waals surface area contributed by atoms with Crippen molar-refractivity contribution in [2.24, 2.45) is 10.9 Å². The molecular formula is C21H27N3O2S. The monoisotopic (exact) mass is 385 g/mol. The summed E-state index contributed by atoms with van der Waals surface area (Å²) in [6.07, 6.45) is 3.49. The number of rotatable bonds is 5. The normalized spacial score (nSPS) is 17.9. The van der Waals surface area contributed by atoms with E-state index < -0.39 is 9.84 Å². The number of hydrogen-bond acceptors (Lipinski definition) is 3. The summed E-state index contributed by atoms with van der Waals surface area (Å²) < 4.78 is 23.1. The molecule has 1 N–H and O–H groups in total. The van der Waals surface area contributed by atoms with Gasteiger partial charge in [-0.2, -0.15) is 0 Å². The summed E-state index contributed by atoms with van der Waals surface area (Å²) in [4.78, 5) is 7.07. The highest BCUT2D eigenvalue weighted by Gasteiger charge is 2.24. The molecule has 1 heterocycles. The van der Waals surface area contributed by atoms with E-state index in [1.54, 1.807) is 19.2 Å². The number of benzene rings is 2. The lowest BCUT2D eigenvalue weighted by Gasteiger charge is -2.22. The van der Waals surface area contributed by atoms with Crippen molar-refractivity contribution in [3.05, 3.63) is 65.7 Å². The lowest BCUT2D eigenvalue weighted by molar-refractivity contribution is 0.460. The van der Waals surface area contributed by atoms with Gasteiger partial charge in [0, 0.05) is 32.9 Å². The molecule has 0 bridgehead atoms. The number of guanidine groups is 1. The minimum atomic E-state index is -3.15. The number of sulfone groups is 1. The van der Waals surface area contributed by atoms with Gasteiger partial charge in [-0.15, -0.1) is 0 Å². The molecule has 1 aliphatic heterocycles. The van der Waals surface area contributed by atoms with E-state index >= 15 is 0 Å². The standard InChI is InChI=1S/C21H27N3O2S/c1-22-21(23-15-18-8-10-20(11-9-18)27(2,25)26)24-13-12-19(16-24)14-17-6-4-3-5-7-17/h3-11,19H,12-16H2,1-2H3,(H,22,23). The molecule has 144 valence electrons. The number of nitrogens with zero attached hydrogens (tertiary/aromatic N) is 2. The summed E-state index contributed by atoms with van der Waals surface area (Å²) in [6, 6.07) is 17.6. The molecule has 0 amide bonds. The van der Waals surface area contributed by atoms with Crippen molar-refractivity contribution in [2.45, 2.75) is 24.3 Å². The van der Waals surface area contributed by atoms with Crippen molar-refractivity contribution in [3.8, 4) is 0 Å². The molecule has 6 heteroatoms. The van der Waals surface area contributed by atoms with Gasteiger partial charge < -0.3 is 10.2 Å². The zero-order valence-corrected chi connectivity index (χ0v) is 16.7. The second kappa shape index (κ2) is 8.57. The topological polar surface area (TPSA) is 61.8 Å². The third kappa shape index (κ3) is 5.32. The molecule has 0 radical (unpaired) electrons. The van der Waals surface area contributed by atoms with Gasteiger partial charge >= 0.3 is 0 Å². The Balaban J connectivity index is 1.54. The van der Waals surface area contributed by atoms with E-state index in [-0.39, 0.29) is 0 Å². The molecular weight excluding hydrogens is 358 g/mol. The molecule has 1 fully saturated rings. The van der Waals surface area contributed by atoms with Crippen LogP contribution in [0.15, 0.2) is 64.5 Å². The zero-order chi connectivity index (χ0) is 19.3. The van der Waals surface area contributed by atoms with Gasteiger partial charge in [-0.1, -0.05) is 42.5 Å². The van der Waals surface area contributed by atoms with E-state index in [9.17, 15) is 8.42 Å². The minimum absolute atomic E-state index is 0.346. The first-order valence-electron chi connectivity index (χ1n) is 9.24. The third-order valence-corrected chi connectivity index (χ3v) is 6.09. The summed E-state index contributed by atoms with van der Waals surface area (Å²) in [6.45, 7) is 2.63. The molecule has 0 spiro atoms. The molecule has 3 rings (SSSR count). The van der Waals surface area contributed by atoms with Gasteiger partial charge in [0.25, 0.3) is 0 Å². The van der Waals surface area contributed by atoms with Crippen molar-refractivity contribution >= 4 is 15.8 Å². The SMILES string of the molecule is CN=C(NCc1ccc(S(C)(=O)=O)cc1)N1CCC(Cc2ccccc2)C1. The summed E-state index contributed by atoms with van der Waals surface area (Å²) in [5.74, 6) is 1.54. The largest absolute Gasteiger partial charge is 0.352 e. The summed E-state index contributed by atoms with van der Waals surface area (Å²) >= 11 is 0. The van der Waals surface area contributed by atoms with Crippen LogP contribution in [0.5, 0.6) is 0 Å². The van der Waals surface area contributed by atoms with Crippen LogP contribution in [0.1, 0.15) is 17.5 Å². The van der Waals surface area contributed by atoms with E-state index in [2.05, 4.69) is 45.5 Å².